The molecule has 22 heavy (non-hydrogen) atoms. The summed E-state index contributed by atoms with van der Waals surface area (Å²) in [4.78, 5) is 11.8. The van der Waals surface area contributed by atoms with Crippen LogP contribution in [-0.4, -0.2) is 25.2 Å². The van der Waals surface area contributed by atoms with Gasteiger partial charge in [0.25, 0.3) is 7.52 Å². The van der Waals surface area contributed by atoms with Crippen molar-refractivity contribution in [2.24, 2.45) is 0 Å². The number of benzene rings is 1. The van der Waals surface area contributed by atoms with Crippen LogP contribution in [-0.2, 0) is 31.2 Å². The molecule has 0 aliphatic rings. The van der Waals surface area contributed by atoms with E-state index in [1.165, 1.54) is 12.7 Å². The average Bonchev–Trinajstić information content (AvgIpc) is 2.47. The Labute approximate surface area is 132 Å². The average molecular weight is 327 g/mol. The van der Waals surface area contributed by atoms with Crippen molar-refractivity contribution in [3.8, 4) is 0 Å². The lowest BCUT2D eigenvalue weighted by molar-refractivity contribution is -0.149. The summed E-state index contributed by atoms with van der Waals surface area (Å²) in [6.07, 6.45) is 0.978. The number of hydrogen-bond acceptors (Lipinski definition) is 4. The van der Waals surface area contributed by atoms with E-state index in [2.05, 4.69) is 12.0 Å². The smallest absolute Gasteiger partial charge is 0.323 e. The largest absolute Gasteiger partial charge is 0.462 e. The van der Waals surface area contributed by atoms with Crippen molar-refractivity contribution in [1.29, 1.82) is 0 Å². The van der Waals surface area contributed by atoms with E-state index in [-0.39, 0.29) is 12.3 Å². The van der Waals surface area contributed by atoms with Gasteiger partial charge >= 0.3 is 5.97 Å². The van der Waals surface area contributed by atoms with Gasteiger partial charge in [0.1, 0.15) is 6.04 Å². The predicted octanol–water partition coefficient (Wildman–Crippen LogP) is 3.52. The van der Waals surface area contributed by atoms with Crippen molar-refractivity contribution in [3.63, 3.8) is 0 Å². The second-order valence-corrected chi connectivity index (χ2v) is 7.81. The third-order valence-electron chi connectivity index (χ3n) is 3.21. The van der Waals surface area contributed by atoms with Crippen molar-refractivity contribution < 1.29 is 18.6 Å². The zero-order valence-corrected chi connectivity index (χ0v) is 14.9. The summed E-state index contributed by atoms with van der Waals surface area (Å²) < 4.78 is 23.0. The van der Waals surface area contributed by atoms with Crippen molar-refractivity contribution >= 4 is 13.5 Å². The van der Waals surface area contributed by atoms with Crippen LogP contribution in [0.1, 0.15) is 38.8 Å². The number of carbonyl (C=O) groups is 1. The number of hydrogen-bond donors (Lipinski definition) is 1. The van der Waals surface area contributed by atoms with Crippen LogP contribution in [0, 0.1) is 0 Å². The monoisotopic (exact) mass is 327 g/mol. The van der Waals surface area contributed by atoms with Gasteiger partial charge in [-0.25, -0.2) is 5.09 Å². The van der Waals surface area contributed by atoms with Crippen molar-refractivity contribution in [2.75, 3.05) is 7.11 Å². The van der Waals surface area contributed by atoms with Gasteiger partial charge in [-0.3, -0.25) is 9.36 Å². The molecule has 0 aromatic heterocycles. The minimum absolute atomic E-state index is 0.208. The van der Waals surface area contributed by atoms with Gasteiger partial charge in [0.15, 0.2) is 0 Å². The molecule has 0 spiro atoms. The maximum absolute atomic E-state index is 12.8. The Kier molecular flexibility index (Phi) is 7.27. The van der Waals surface area contributed by atoms with Crippen molar-refractivity contribution in [2.45, 2.75) is 52.4 Å². The van der Waals surface area contributed by atoms with E-state index in [4.69, 9.17) is 9.26 Å². The first-order valence-corrected chi connectivity index (χ1v) is 9.31. The van der Waals surface area contributed by atoms with Gasteiger partial charge in [0, 0.05) is 7.11 Å². The SMILES string of the molecule is CCc1ccc(CP(=O)(N[C@@H](C)C(=O)OC(C)C)OC)cc1. The second-order valence-electron chi connectivity index (χ2n) is 5.52. The lowest BCUT2D eigenvalue weighted by Gasteiger charge is -2.22. The van der Waals surface area contributed by atoms with Crippen LogP contribution >= 0.6 is 7.52 Å². The molecule has 0 aliphatic carbocycles. The fourth-order valence-electron chi connectivity index (χ4n) is 1.97. The molecular formula is C16H26NO4P. The van der Waals surface area contributed by atoms with E-state index in [0.29, 0.717) is 0 Å². The highest BCUT2D eigenvalue weighted by Gasteiger charge is 2.28. The summed E-state index contributed by atoms with van der Waals surface area (Å²) in [6.45, 7) is 7.25. The molecule has 0 radical (unpaired) electrons. The molecule has 1 N–H and O–H groups in total. The summed E-state index contributed by atoms with van der Waals surface area (Å²) in [6, 6.07) is 7.19. The maximum atomic E-state index is 12.8. The van der Waals surface area contributed by atoms with Gasteiger partial charge in [0.05, 0.1) is 12.3 Å². The molecular weight excluding hydrogens is 301 g/mol. The Morgan fingerprint density at radius 3 is 2.18 bits per heavy atom. The molecule has 0 aliphatic heterocycles. The zero-order chi connectivity index (χ0) is 16.8. The minimum atomic E-state index is -3.15. The van der Waals surface area contributed by atoms with Crippen LogP contribution in [0.25, 0.3) is 0 Å². The van der Waals surface area contributed by atoms with Gasteiger partial charge in [-0.05, 0) is 38.3 Å². The van der Waals surface area contributed by atoms with Gasteiger partial charge in [-0.2, -0.15) is 0 Å². The van der Waals surface area contributed by atoms with Crippen LogP contribution in [0.3, 0.4) is 0 Å². The molecule has 1 unspecified atom stereocenters. The zero-order valence-electron chi connectivity index (χ0n) is 14.0. The Morgan fingerprint density at radius 1 is 1.18 bits per heavy atom. The topological polar surface area (TPSA) is 64.6 Å². The Hall–Kier alpha value is -1.16. The first-order chi connectivity index (χ1) is 10.3. The van der Waals surface area contributed by atoms with E-state index in [9.17, 15) is 9.36 Å². The molecule has 0 saturated heterocycles. The maximum Gasteiger partial charge on any atom is 0.323 e. The number of rotatable bonds is 8. The Bertz CT molecular complexity index is 527. The molecule has 0 heterocycles. The second kappa shape index (κ2) is 8.47. The standard InChI is InChI=1S/C16H26NO4P/c1-6-14-7-9-15(10-8-14)11-22(19,20-5)17-13(4)16(18)21-12(2)3/h7-10,12-13H,6,11H2,1-5H3,(H,17,19)/t13-,22?/m0/s1. The predicted molar refractivity (Wildman–Crippen MR) is 88.0 cm³/mol. The fraction of sp³-hybridized carbons (Fsp3) is 0.562. The van der Waals surface area contributed by atoms with E-state index in [1.807, 2.05) is 24.3 Å². The van der Waals surface area contributed by atoms with Crippen LogP contribution in [0.4, 0.5) is 0 Å². The summed E-state index contributed by atoms with van der Waals surface area (Å²) in [5, 5.41) is 2.78. The van der Waals surface area contributed by atoms with E-state index in [1.54, 1.807) is 20.8 Å². The molecule has 0 bridgehead atoms. The third-order valence-corrected chi connectivity index (χ3v) is 5.36. The van der Waals surface area contributed by atoms with Gasteiger partial charge in [0.2, 0.25) is 0 Å². The number of nitrogens with one attached hydrogen (secondary N) is 1. The number of esters is 1. The van der Waals surface area contributed by atoms with Crippen LogP contribution in [0.2, 0.25) is 0 Å². The van der Waals surface area contributed by atoms with Crippen LogP contribution in [0.15, 0.2) is 24.3 Å². The third kappa shape index (κ3) is 5.91. The van der Waals surface area contributed by atoms with E-state index in [0.717, 1.165) is 12.0 Å². The Morgan fingerprint density at radius 2 is 1.73 bits per heavy atom. The highest BCUT2D eigenvalue weighted by molar-refractivity contribution is 7.56. The summed E-state index contributed by atoms with van der Waals surface area (Å²) in [7, 11) is -1.77. The first-order valence-electron chi connectivity index (χ1n) is 7.50. The molecule has 124 valence electrons. The highest BCUT2D eigenvalue weighted by Crippen LogP contribution is 2.45. The lowest BCUT2D eigenvalue weighted by atomic mass is 10.1. The molecule has 2 atom stereocenters. The first kappa shape index (κ1) is 18.9. The molecule has 1 aromatic carbocycles. The van der Waals surface area contributed by atoms with Crippen molar-refractivity contribution in [3.05, 3.63) is 35.4 Å². The normalized spacial score (nSPS) is 15.4. The molecule has 1 aromatic rings. The number of ether oxygens (including phenoxy) is 1. The molecule has 1 rings (SSSR count). The summed E-state index contributed by atoms with van der Waals surface area (Å²) >= 11 is 0. The Balaban J connectivity index is 2.74. The molecule has 0 saturated carbocycles. The van der Waals surface area contributed by atoms with Gasteiger partial charge in [-0.1, -0.05) is 31.2 Å². The van der Waals surface area contributed by atoms with E-state index >= 15 is 0 Å². The minimum Gasteiger partial charge on any atom is -0.462 e. The van der Waals surface area contributed by atoms with E-state index < -0.39 is 19.5 Å². The number of carbonyl (C=O) groups excluding carboxylic acids is 1. The molecule has 5 nitrogen and oxygen atoms in total. The van der Waals surface area contributed by atoms with Gasteiger partial charge in [-0.15, -0.1) is 0 Å². The summed E-state index contributed by atoms with van der Waals surface area (Å²) in [5.74, 6) is -0.436. The van der Waals surface area contributed by atoms with Gasteiger partial charge < -0.3 is 9.26 Å². The highest BCUT2D eigenvalue weighted by atomic mass is 31.2. The fourth-order valence-corrected chi connectivity index (χ4v) is 3.68. The molecule has 0 amide bonds. The van der Waals surface area contributed by atoms with Crippen molar-refractivity contribution in [1.82, 2.24) is 5.09 Å². The van der Waals surface area contributed by atoms with Crippen LogP contribution < -0.4 is 5.09 Å². The lowest BCUT2D eigenvalue weighted by Crippen LogP contribution is -2.35. The molecule has 0 fully saturated rings. The quantitative estimate of drug-likeness (QED) is 0.584. The molecule has 6 heteroatoms. The summed E-state index contributed by atoms with van der Waals surface area (Å²) in [5.41, 5.74) is 2.12. The number of aryl methyl sites for hydroxylation is 1. The van der Waals surface area contributed by atoms with Crippen LogP contribution in [0.5, 0.6) is 0 Å².